The summed E-state index contributed by atoms with van der Waals surface area (Å²) < 4.78 is 0. The van der Waals surface area contributed by atoms with Crippen molar-refractivity contribution in [2.24, 2.45) is 0 Å². The molecule has 0 bridgehead atoms. The van der Waals surface area contributed by atoms with E-state index in [2.05, 4.69) is 9.97 Å². The van der Waals surface area contributed by atoms with E-state index in [0.717, 1.165) is 16.5 Å². The summed E-state index contributed by atoms with van der Waals surface area (Å²) in [6.07, 6.45) is 0. The first-order valence-electron chi connectivity index (χ1n) is 12.3. The van der Waals surface area contributed by atoms with Gasteiger partial charge in [-0.25, -0.2) is 4.79 Å². The van der Waals surface area contributed by atoms with E-state index in [1.54, 1.807) is 18.2 Å². The van der Waals surface area contributed by atoms with Gasteiger partial charge in [-0.2, -0.15) is 4.98 Å². The van der Waals surface area contributed by atoms with Crippen LogP contribution < -0.4 is 5.69 Å². The fourth-order valence-electron chi connectivity index (χ4n) is 3.14. The lowest BCUT2D eigenvalue weighted by Crippen LogP contribution is -2.13. The summed E-state index contributed by atoms with van der Waals surface area (Å²) in [5, 5.41) is 0.759. The predicted molar refractivity (Wildman–Crippen MR) is 148 cm³/mol. The number of hydrogen-bond acceptors (Lipinski definition) is 3. The third-order valence-electron chi connectivity index (χ3n) is 4.38. The van der Waals surface area contributed by atoms with E-state index in [1.807, 2.05) is 117 Å². The molecule has 1 N–H and O–H groups in total. The van der Waals surface area contributed by atoms with Crippen LogP contribution in [-0.4, -0.2) is 15.8 Å². The molecule has 0 aliphatic heterocycles. The average Bonchev–Trinajstić information content (AvgIpc) is 2.93. The number of nitrogens with one attached hydrogen (secondary N) is 1. The number of aromatic nitrogens is 2. The largest absolute Gasteiger partial charge is 0.345 e. The van der Waals surface area contributed by atoms with Crippen molar-refractivity contribution in [3.8, 4) is 11.3 Å². The van der Waals surface area contributed by atoms with E-state index in [9.17, 15) is 9.59 Å². The van der Waals surface area contributed by atoms with Gasteiger partial charge in [-0.3, -0.25) is 4.79 Å². The Labute approximate surface area is 205 Å². The highest BCUT2D eigenvalue weighted by atomic mass is 16.1. The van der Waals surface area contributed by atoms with Crippen molar-refractivity contribution in [2.75, 3.05) is 0 Å². The molecule has 0 fully saturated rings. The van der Waals surface area contributed by atoms with Crippen LogP contribution in [0.1, 0.15) is 76.9 Å². The van der Waals surface area contributed by atoms with E-state index in [4.69, 9.17) is 0 Å². The van der Waals surface area contributed by atoms with Crippen LogP contribution in [0.2, 0.25) is 0 Å². The van der Waals surface area contributed by atoms with Crippen LogP contribution in [0, 0.1) is 6.92 Å². The number of ketones is 1. The second-order valence-corrected chi connectivity index (χ2v) is 6.17. The summed E-state index contributed by atoms with van der Waals surface area (Å²) in [5.41, 5.74) is 3.76. The molecular weight excluding hydrogens is 420 g/mol. The molecule has 4 rings (SSSR count). The normalized spacial score (nSPS) is 8.97. The minimum Gasteiger partial charge on any atom is -0.305 e. The standard InChI is InChI=1S/C22H16N2O2.4C2H6/c1-14-12-17(21(25)16-10-6-3-7-11-16)13-18-19(14)23-22(26)24-20(18)15-8-4-2-5-9-15;4*1-2/h2-13H,1H3,(H,23,24,26);4*1-2H3. The van der Waals surface area contributed by atoms with Gasteiger partial charge < -0.3 is 4.98 Å². The van der Waals surface area contributed by atoms with Gasteiger partial charge in [0.1, 0.15) is 0 Å². The average molecular weight is 461 g/mol. The smallest absolute Gasteiger partial charge is 0.305 e. The first kappa shape index (κ1) is 30.5. The molecule has 4 aromatic rings. The lowest BCUT2D eigenvalue weighted by molar-refractivity contribution is 0.103. The quantitative estimate of drug-likeness (QED) is 0.313. The zero-order chi connectivity index (χ0) is 26.1. The van der Waals surface area contributed by atoms with Gasteiger partial charge >= 0.3 is 5.69 Å². The third-order valence-corrected chi connectivity index (χ3v) is 4.38. The maximum absolute atomic E-state index is 12.9. The number of hydrogen-bond donors (Lipinski definition) is 1. The number of carbonyl (C=O) groups is 1. The Morgan fingerprint density at radius 1 is 0.706 bits per heavy atom. The molecule has 0 radical (unpaired) electrons. The molecule has 0 aliphatic carbocycles. The molecule has 4 nitrogen and oxygen atoms in total. The van der Waals surface area contributed by atoms with Gasteiger partial charge in [-0.1, -0.05) is 116 Å². The molecule has 1 heterocycles. The number of fused-ring (bicyclic) bond motifs is 1. The van der Waals surface area contributed by atoms with Gasteiger partial charge in [0.15, 0.2) is 5.78 Å². The number of aryl methyl sites for hydroxylation is 1. The number of carbonyl (C=O) groups excluding carboxylic acids is 1. The summed E-state index contributed by atoms with van der Waals surface area (Å²) >= 11 is 0. The Balaban J connectivity index is 0.00000124. The van der Waals surface area contributed by atoms with E-state index in [1.165, 1.54) is 0 Å². The van der Waals surface area contributed by atoms with E-state index in [0.29, 0.717) is 22.3 Å². The molecular formula is C30H40N2O2. The molecule has 0 atom stereocenters. The zero-order valence-electron chi connectivity index (χ0n) is 22.2. The van der Waals surface area contributed by atoms with E-state index >= 15 is 0 Å². The SMILES string of the molecule is CC.CC.CC.CC.Cc1cc(C(=O)c2ccccc2)cc2c(-c3ccccc3)[nH]c(=O)nc12. The molecule has 34 heavy (non-hydrogen) atoms. The van der Waals surface area contributed by atoms with E-state index in [-0.39, 0.29) is 5.78 Å². The Bertz CT molecular complexity index is 1170. The minimum atomic E-state index is -0.401. The second-order valence-electron chi connectivity index (χ2n) is 6.17. The van der Waals surface area contributed by atoms with Crippen molar-refractivity contribution in [3.05, 3.63) is 100.0 Å². The highest BCUT2D eigenvalue weighted by Gasteiger charge is 2.15. The monoisotopic (exact) mass is 460 g/mol. The van der Waals surface area contributed by atoms with Crippen LogP contribution in [0.5, 0.6) is 0 Å². The van der Waals surface area contributed by atoms with Crippen LogP contribution in [0.3, 0.4) is 0 Å². The van der Waals surface area contributed by atoms with Gasteiger partial charge in [0.25, 0.3) is 0 Å². The highest BCUT2D eigenvalue weighted by molar-refractivity contribution is 6.11. The third kappa shape index (κ3) is 7.80. The predicted octanol–water partition coefficient (Wildman–Crippen LogP) is 8.23. The number of nitrogens with zero attached hydrogens (tertiary/aromatic N) is 1. The molecule has 1 aromatic heterocycles. The summed E-state index contributed by atoms with van der Waals surface area (Å²) in [7, 11) is 0. The fourth-order valence-corrected chi connectivity index (χ4v) is 3.14. The lowest BCUT2D eigenvalue weighted by atomic mass is 9.97. The Hall–Kier alpha value is -3.53. The van der Waals surface area contributed by atoms with Crippen molar-refractivity contribution < 1.29 is 4.79 Å². The van der Waals surface area contributed by atoms with Crippen LogP contribution in [0.4, 0.5) is 0 Å². The van der Waals surface area contributed by atoms with Gasteiger partial charge in [0.2, 0.25) is 0 Å². The zero-order valence-corrected chi connectivity index (χ0v) is 22.2. The molecule has 0 amide bonds. The molecule has 0 aliphatic rings. The first-order chi connectivity index (χ1) is 16.6. The number of rotatable bonds is 3. The van der Waals surface area contributed by atoms with Crippen molar-refractivity contribution in [1.29, 1.82) is 0 Å². The molecule has 0 spiro atoms. The van der Waals surface area contributed by atoms with Crippen molar-refractivity contribution in [1.82, 2.24) is 9.97 Å². The molecule has 3 aromatic carbocycles. The Kier molecular flexibility index (Phi) is 15.2. The van der Waals surface area contributed by atoms with Crippen molar-refractivity contribution in [3.63, 3.8) is 0 Å². The van der Waals surface area contributed by atoms with Crippen molar-refractivity contribution >= 4 is 16.7 Å². The molecule has 0 saturated carbocycles. The Morgan fingerprint density at radius 3 is 1.74 bits per heavy atom. The summed E-state index contributed by atoms with van der Waals surface area (Å²) in [5.74, 6) is -0.0548. The van der Waals surface area contributed by atoms with E-state index < -0.39 is 5.69 Å². The van der Waals surface area contributed by atoms with Crippen LogP contribution in [-0.2, 0) is 0 Å². The van der Waals surface area contributed by atoms with Crippen LogP contribution >= 0.6 is 0 Å². The number of aromatic amines is 1. The molecule has 4 heteroatoms. The maximum Gasteiger partial charge on any atom is 0.345 e. The first-order valence-corrected chi connectivity index (χ1v) is 12.3. The van der Waals surface area contributed by atoms with Gasteiger partial charge in [0.05, 0.1) is 11.2 Å². The van der Waals surface area contributed by atoms with Crippen LogP contribution in [0.15, 0.2) is 77.6 Å². The summed E-state index contributed by atoms with van der Waals surface area (Å²) in [6, 6.07) is 22.3. The molecule has 0 unspecified atom stereocenters. The number of benzene rings is 3. The maximum atomic E-state index is 12.9. The second kappa shape index (κ2) is 17.0. The number of H-pyrrole nitrogens is 1. The highest BCUT2D eigenvalue weighted by Crippen LogP contribution is 2.28. The van der Waals surface area contributed by atoms with Gasteiger partial charge in [-0.15, -0.1) is 0 Å². The fraction of sp³-hybridized carbons (Fsp3) is 0.300. The van der Waals surface area contributed by atoms with Gasteiger partial charge in [0, 0.05) is 16.5 Å². The van der Waals surface area contributed by atoms with Crippen LogP contribution in [0.25, 0.3) is 22.2 Å². The summed E-state index contributed by atoms with van der Waals surface area (Å²) in [6.45, 7) is 17.9. The molecule has 182 valence electrons. The lowest BCUT2D eigenvalue weighted by Gasteiger charge is -2.10. The van der Waals surface area contributed by atoms with Gasteiger partial charge in [-0.05, 0) is 30.2 Å². The topological polar surface area (TPSA) is 62.8 Å². The minimum absolute atomic E-state index is 0.0548. The Morgan fingerprint density at radius 2 is 1.21 bits per heavy atom. The molecule has 0 saturated heterocycles. The van der Waals surface area contributed by atoms with Crippen molar-refractivity contribution in [2.45, 2.75) is 62.3 Å². The summed E-state index contributed by atoms with van der Waals surface area (Å²) in [4.78, 5) is 31.8.